The van der Waals surface area contributed by atoms with E-state index in [1.807, 2.05) is 44.3 Å². The Labute approximate surface area is 139 Å². The van der Waals surface area contributed by atoms with E-state index in [1.165, 1.54) is 0 Å². The molecule has 24 heavy (non-hydrogen) atoms. The quantitative estimate of drug-likeness (QED) is 0.806. The third kappa shape index (κ3) is 2.88. The highest BCUT2D eigenvalue weighted by Gasteiger charge is 2.33. The van der Waals surface area contributed by atoms with Crippen LogP contribution in [-0.4, -0.2) is 21.7 Å². The van der Waals surface area contributed by atoms with Crippen molar-refractivity contribution in [3.63, 3.8) is 0 Å². The first-order valence-electron chi connectivity index (χ1n) is 7.60. The maximum atomic E-state index is 12.8. The third-order valence-electron chi connectivity index (χ3n) is 4.13. The molecule has 0 saturated carbocycles. The molecular formula is C17H19N5O2. The van der Waals surface area contributed by atoms with Gasteiger partial charge in [-0.25, -0.2) is 4.79 Å². The summed E-state index contributed by atoms with van der Waals surface area (Å²) >= 11 is 0. The summed E-state index contributed by atoms with van der Waals surface area (Å²) in [5, 5.41) is 12.6. The number of carbonyl (C=O) groups excluding carboxylic acids is 2. The van der Waals surface area contributed by atoms with Crippen LogP contribution in [-0.2, 0) is 11.8 Å². The summed E-state index contributed by atoms with van der Waals surface area (Å²) < 4.78 is 1.71. The maximum absolute atomic E-state index is 12.8. The number of hydrogen-bond acceptors (Lipinski definition) is 3. The first-order valence-corrected chi connectivity index (χ1v) is 7.60. The molecule has 0 bridgehead atoms. The van der Waals surface area contributed by atoms with Gasteiger partial charge >= 0.3 is 6.03 Å². The van der Waals surface area contributed by atoms with Crippen LogP contribution in [0.15, 0.2) is 47.8 Å². The van der Waals surface area contributed by atoms with Crippen molar-refractivity contribution in [1.29, 1.82) is 0 Å². The molecule has 1 aliphatic rings. The Balaban J connectivity index is 1.98. The second kappa shape index (κ2) is 6.19. The fourth-order valence-electron chi connectivity index (χ4n) is 2.75. The van der Waals surface area contributed by atoms with Gasteiger partial charge in [0, 0.05) is 29.7 Å². The molecule has 0 radical (unpaired) electrons. The van der Waals surface area contributed by atoms with Gasteiger partial charge in [-0.15, -0.1) is 0 Å². The van der Waals surface area contributed by atoms with Gasteiger partial charge in [0.05, 0.1) is 17.8 Å². The molecule has 2 aromatic rings. The lowest BCUT2D eigenvalue weighted by Gasteiger charge is -2.28. The van der Waals surface area contributed by atoms with Gasteiger partial charge in [0.15, 0.2) is 0 Å². The van der Waals surface area contributed by atoms with Gasteiger partial charge in [0.25, 0.3) is 5.91 Å². The second-order valence-electron chi connectivity index (χ2n) is 5.70. The largest absolute Gasteiger partial charge is 0.327 e. The summed E-state index contributed by atoms with van der Waals surface area (Å²) in [6.45, 7) is 3.62. The molecule has 0 spiro atoms. The van der Waals surface area contributed by atoms with Gasteiger partial charge in [0.2, 0.25) is 0 Å². The monoisotopic (exact) mass is 325 g/mol. The molecule has 1 atom stereocenters. The van der Waals surface area contributed by atoms with Crippen molar-refractivity contribution in [3.05, 3.63) is 59.1 Å². The van der Waals surface area contributed by atoms with Crippen molar-refractivity contribution in [3.8, 4) is 0 Å². The highest BCUT2D eigenvalue weighted by atomic mass is 16.2. The van der Waals surface area contributed by atoms with E-state index in [1.54, 1.807) is 17.8 Å². The zero-order chi connectivity index (χ0) is 17.3. The Morgan fingerprint density at radius 1 is 1.25 bits per heavy atom. The van der Waals surface area contributed by atoms with E-state index in [9.17, 15) is 9.59 Å². The van der Waals surface area contributed by atoms with Crippen LogP contribution in [0.4, 0.5) is 10.5 Å². The van der Waals surface area contributed by atoms with E-state index < -0.39 is 6.04 Å². The molecule has 3 rings (SSSR count). The van der Waals surface area contributed by atoms with E-state index in [2.05, 4.69) is 21.0 Å². The lowest BCUT2D eigenvalue weighted by Crippen LogP contribution is -2.46. The molecule has 1 aliphatic heterocycles. The molecule has 2 heterocycles. The average molecular weight is 325 g/mol. The number of nitrogens with zero attached hydrogens (tertiary/aromatic N) is 2. The first kappa shape index (κ1) is 15.8. The summed E-state index contributed by atoms with van der Waals surface area (Å²) in [6, 6.07) is 8.32. The molecular weight excluding hydrogens is 306 g/mol. The van der Waals surface area contributed by atoms with E-state index in [4.69, 9.17) is 0 Å². The van der Waals surface area contributed by atoms with Crippen LogP contribution in [0, 0.1) is 6.92 Å². The Morgan fingerprint density at radius 3 is 2.58 bits per heavy atom. The fourth-order valence-corrected chi connectivity index (χ4v) is 2.75. The molecule has 3 N–H and O–H groups in total. The smallest absolute Gasteiger partial charge is 0.319 e. The van der Waals surface area contributed by atoms with Gasteiger partial charge < -0.3 is 16.0 Å². The van der Waals surface area contributed by atoms with Crippen molar-refractivity contribution in [2.24, 2.45) is 7.05 Å². The summed E-state index contributed by atoms with van der Waals surface area (Å²) in [4.78, 5) is 24.7. The second-order valence-corrected chi connectivity index (χ2v) is 5.70. The van der Waals surface area contributed by atoms with Crippen LogP contribution in [0.3, 0.4) is 0 Å². The minimum atomic E-state index is -0.545. The standard InChI is InChI=1S/C17H19N5O2/c1-10-14(16(23)20-12-7-5-4-6-8-12)15(21-17(24)19-10)13-9-18-22(3)11(13)2/h4-9,15H,1-3H3,(H,20,23)(H2,19,21,24). The van der Waals surface area contributed by atoms with Gasteiger partial charge in [0.1, 0.15) is 0 Å². The zero-order valence-electron chi connectivity index (χ0n) is 13.8. The molecule has 1 aromatic carbocycles. The maximum Gasteiger partial charge on any atom is 0.319 e. The van der Waals surface area contributed by atoms with Crippen LogP contribution < -0.4 is 16.0 Å². The number of aromatic nitrogens is 2. The first-order chi connectivity index (χ1) is 11.5. The van der Waals surface area contributed by atoms with E-state index in [0.717, 1.165) is 11.3 Å². The Kier molecular flexibility index (Phi) is 4.07. The third-order valence-corrected chi connectivity index (χ3v) is 4.13. The number of urea groups is 1. The Bertz CT molecular complexity index is 823. The minimum absolute atomic E-state index is 0.264. The van der Waals surface area contributed by atoms with E-state index >= 15 is 0 Å². The van der Waals surface area contributed by atoms with Crippen LogP contribution >= 0.6 is 0 Å². The Morgan fingerprint density at radius 2 is 1.96 bits per heavy atom. The van der Waals surface area contributed by atoms with Gasteiger partial charge in [-0.2, -0.15) is 5.10 Å². The van der Waals surface area contributed by atoms with Gasteiger partial charge in [-0.05, 0) is 26.0 Å². The zero-order valence-corrected chi connectivity index (χ0v) is 13.8. The number of rotatable bonds is 3. The van der Waals surface area contributed by atoms with Crippen LogP contribution in [0.2, 0.25) is 0 Å². The number of benzene rings is 1. The van der Waals surface area contributed by atoms with Crippen molar-refractivity contribution in [2.75, 3.05) is 5.32 Å². The highest BCUT2D eigenvalue weighted by Crippen LogP contribution is 2.29. The molecule has 0 aliphatic carbocycles. The number of anilines is 1. The van der Waals surface area contributed by atoms with E-state index in [0.29, 0.717) is 17.0 Å². The van der Waals surface area contributed by atoms with Crippen molar-refractivity contribution >= 4 is 17.6 Å². The molecule has 0 fully saturated rings. The lowest BCUT2D eigenvalue weighted by atomic mass is 9.95. The predicted octanol–water partition coefficient (Wildman–Crippen LogP) is 2.00. The lowest BCUT2D eigenvalue weighted by molar-refractivity contribution is -0.113. The molecule has 0 saturated heterocycles. The summed E-state index contributed by atoms with van der Waals surface area (Å²) in [5.41, 5.74) is 3.38. The van der Waals surface area contributed by atoms with Crippen molar-refractivity contribution in [1.82, 2.24) is 20.4 Å². The SMILES string of the molecule is CC1=C(C(=O)Nc2ccccc2)C(c2cnn(C)c2C)NC(=O)N1. The van der Waals surface area contributed by atoms with Gasteiger partial charge in [-0.3, -0.25) is 9.48 Å². The van der Waals surface area contributed by atoms with Crippen molar-refractivity contribution in [2.45, 2.75) is 19.9 Å². The number of hydrogen-bond donors (Lipinski definition) is 3. The molecule has 1 unspecified atom stereocenters. The summed E-state index contributed by atoms with van der Waals surface area (Å²) in [7, 11) is 1.82. The van der Waals surface area contributed by atoms with Gasteiger partial charge in [-0.1, -0.05) is 18.2 Å². The number of aryl methyl sites for hydroxylation is 1. The van der Waals surface area contributed by atoms with Crippen LogP contribution in [0.1, 0.15) is 24.2 Å². The molecule has 124 valence electrons. The number of amides is 3. The molecule has 7 nitrogen and oxygen atoms in total. The average Bonchev–Trinajstić information content (AvgIpc) is 2.87. The molecule has 3 amide bonds. The fraction of sp³-hybridized carbons (Fsp3) is 0.235. The summed E-state index contributed by atoms with van der Waals surface area (Å²) in [5.74, 6) is -0.264. The summed E-state index contributed by atoms with van der Waals surface area (Å²) in [6.07, 6.45) is 1.68. The number of para-hydroxylation sites is 1. The number of nitrogens with one attached hydrogen (secondary N) is 3. The van der Waals surface area contributed by atoms with Crippen molar-refractivity contribution < 1.29 is 9.59 Å². The molecule has 1 aromatic heterocycles. The van der Waals surface area contributed by atoms with E-state index in [-0.39, 0.29) is 11.9 Å². The minimum Gasteiger partial charge on any atom is -0.327 e. The predicted molar refractivity (Wildman–Crippen MR) is 90.1 cm³/mol. The van der Waals surface area contributed by atoms with Crippen LogP contribution in [0.25, 0.3) is 0 Å². The normalized spacial score (nSPS) is 17.3. The Hall–Kier alpha value is -3.09. The van der Waals surface area contributed by atoms with Crippen LogP contribution in [0.5, 0.6) is 0 Å². The highest BCUT2D eigenvalue weighted by molar-refractivity contribution is 6.06. The molecule has 7 heteroatoms. The topological polar surface area (TPSA) is 88.1 Å². The number of carbonyl (C=O) groups is 2. The number of allylic oxidation sites excluding steroid dienone is 1.